The van der Waals surface area contributed by atoms with E-state index >= 15 is 0 Å². The Morgan fingerprint density at radius 2 is 1.78 bits per heavy atom. The van der Waals surface area contributed by atoms with E-state index in [4.69, 9.17) is 4.74 Å². The highest BCUT2D eigenvalue weighted by Gasteiger charge is 2.20. The van der Waals surface area contributed by atoms with Gasteiger partial charge in [0.05, 0.1) is 6.61 Å². The maximum Gasteiger partial charge on any atom is 0.242 e. The summed E-state index contributed by atoms with van der Waals surface area (Å²) in [4.78, 5) is 23.9. The second-order valence-corrected chi connectivity index (χ2v) is 6.61. The molecule has 0 saturated carbocycles. The third-order valence-electron chi connectivity index (χ3n) is 3.14. The van der Waals surface area contributed by atoms with Crippen LogP contribution < -0.4 is 15.4 Å². The lowest BCUT2D eigenvalue weighted by Crippen LogP contribution is -2.50. The molecule has 1 aromatic carbocycles. The second-order valence-electron chi connectivity index (χ2n) is 6.61. The van der Waals surface area contributed by atoms with Gasteiger partial charge in [-0.1, -0.05) is 12.1 Å². The first-order valence-corrected chi connectivity index (χ1v) is 8.04. The molecule has 0 saturated heterocycles. The van der Waals surface area contributed by atoms with Gasteiger partial charge in [0.2, 0.25) is 11.8 Å². The molecule has 0 aliphatic rings. The van der Waals surface area contributed by atoms with E-state index in [1.165, 1.54) is 0 Å². The number of ether oxygens (including phenoxy) is 1. The molecule has 0 aliphatic heterocycles. The number of benzene rings is 1. The van der Waals surface area contributed by atoms with Gasteiger partial charge in [-0.25, -0.2) is 0 Å². The van der Waals surface area contributed by atoms with Crippen LogP contribution in [0.3, 0.4) is 0 Å². The Hall–Kier alpha value is -2.04. The van der Waals surface area contributed by atoms with Crippen LogP contribution in [-0.4, -0.2) is 30.0 Å². The Morgan fingerprint density at radius 1 is 1.17 bits per heavy atom. The monoisotopic (exact) mass is 320 g/mol. The van der Waals surface area contributed by atoms with Crippen molar-refractivity contribution < 1.29 is 14.3 Å². The van der Waals surface area contributed by atoms with Gasteiger partial charge in [-0.3, -0.25) is 9.59 Å². The van der Waals surface area contributed by atoms with Crippen molar-refractivity contribution in [1.82, 2.24) is 10.6 Å². The van der Waals surface area contributed by atoms with Gasteiger partial charge in [-0.05, 0) is 58.7 Å². The summed E-state index contributed by atoms with van der Waals surface area (Å²) in [6, 6.07) is 7.16. The quantitative estimate of drug-likeness (QED) is 0.811. The molecule has 2 N–H and O–H groups in total. The van der Waals surface area contributed by atoms with Gasteiger partial charge in [0.15, 0.2) is 0 Å². The van der Waals surface area contributed by atoms with Crippen molar-refractivity contribution in [3.63, 3.8) is 0 Å². The fourth-order valence-corrected chi connectivity index (χ4v) is 2.03. The molecule has 23 heavy (non-hydrogen) atoms. The van der Waals surface area contributed by atoms with Gasteiger partial charge in [0, 0.05) is 12.0 Å². The molecule has 0 bridgehead atoms. The van der Waals surface area contributed by atoms with E-state index < -0.39 is 6.04 Å². The number of hydrogen-bond acceptors (Lipinski definition) is 3. The number of amides is 2. The Labute approximate surface area is 138 Å². The van der Waals surface area contributed by atoms with Gasteiger partial charge in [-0.15, -0.1) is 0 Å². The maximum absolute atomic E-state index is 12.0. The predicted molar refractivity (Wildman–Crippen MR) is 91.4 cm³/mol. The van der Waals surface area contributed by atoms with Crippen LogP contribution in [0.2, 0.25) is 0 Å². The molecule has 0 aliphatic carbocycles. The molecule has 0 unspecified atom stereocenters. The average Bonchev–Trinajstić information content (AvgIpc) is 2.45. The van der Waals surface area contributed by atoms with E-state index in [0.29, 0.717) is 19.4 Å². The minimum atomic E-state index is -0.540. The third kappa shape index (κ3) is 7.68. The maximum atomic E-state index is 12.0. The lowest BCUT2D eigenvalue weighted by molar-refractivity contribution is -0.129. The van der Waals surface area contributed by atoms with E-state index in [1.807, 2.05) is 52.0 Å². The van der Waals surface area contributed by atoms with Crippen LogP contribution in [0.15, 0.2) is 24.3 Å². The summed E-state index contributed by atoms with van der Waals surface area (Å²) in [6.07, 6.45) is 0.979. The molecule has 0 aromatic heterocycles. The Bertz CT molecular complexity index is 518. The molecule has 128 valence electrons. The number of carbonyl (C=O) groups is 2. The molecule has 1 atom stereocenters. The van der Waals surface area contributed by atoms with Gasteiger partial charge in [-0.2, -0.15) is 0 Å². The Kier molecular flexibility index (Phi) is 7.07. The van der Waals surface area contributed by atoms with Gasteiger partial charge in [0.1, 0.15) is 11.8 Å². The summed E-state index contributed by atoms with van der Waals surface area (Å²) in [5.74, 6) is 0.524. The van der Waals surface area contributed by atoms with Crippen LogP contribution in [0.4, 0.5) is 0 Å². The molecule has 0 heterocycles. The fourth-order valence-electron chi connectivity index (χ4n) is 2.03. The predicted octanol–water partition coefficient (Wildman–Crippen LogP) is 2.44. The van der Waals surface area contributed by atoms with E-state index in [1.54, 1.807) is 6.92 Å². The van der Waals surface area contributed by atoms with Gasteiger partial charge < -0.3 is 15.4 Å². The summed E-state index contributed by atoms with van der Waals surface area (Å²) in [7, 11) is 0. The van der Waals surface area contributed by atoms with Crippen LogP contribution in [0, 0.1) is 0 Å². The summed E-state index contributed by atoms with van der Waals surface area (Å²) < 4.78 is 5.38. The second kappa shape index (κ2) is 8.56. The SMILES string of the molecule is CCOc1ccc(CCC(=O)N[C@@H](C)C(=O)NC(C)(C)C)cc1. The van der Waals surface area contributed by atoms with E-state index in [2.05, 4.69) is 10.6 Å². The molecule has 2 amide bonds. The largest absolute Gasteiger partial charge is 0.494 e. The molecule has 1 rings (SSSR count). The minimum absolute atomic E-state index is 0.129. The summed E-state index contributed by atoms with van der Waals surface area (Å²) in [5, 5.41) is 5.58. The molecular weight excluding hydrogens is 292 g/mol. The van der Waals surface area contributed by atoms with Crippen molar-refractivity contribution in [2.75, 3.05) is 6.61 Å². The van der Waals surface area contributed by atoms with Crippen LogP contribution >= 0.6 is 0 Å². The first-order valence-electron chi connectivity index (χ1n) is 8.04. The zero-order valence-corrected chi connectivity index (χ0v) is 14.7. The molecular formula is C18H28N2O3. The third-order valence-corrected chi connectivity index (χ3v) is 3.14. The molecule has 5 heteroatoms. The number of nitrogens with one attached hydrogen (secondary N) is 2. The number of aryl methyl sites for hydroxylation is 1. The highest BCUT2D eigenvalue weighted by atomic mass is 16.5. The molecule has 0 fully saturated rings. The van der Waals surface area contributed by atoms with Crippen LogP contribution in [0.25, 0.3) is 0 Å². The number of carbonyl (C=O) groups excluding carboxylic acids is 2. The molecule has 0 spiro atoms. The van der Waals surface area contributed by atoms with Crippen molar-refractivity contribution in [2.24, 2.45) is 0 Å². The zero-order valence-electron chi connectivity index (χ0n) is 14.7. The Balaban J connectivity index is 2.40. The molecule has 0 radical (unpaired) electrons. The van der Waals surface area contributed by atoms with Crippen LogP contribution in [0.5, 0.6) is 5.75 Å². The van der Waals surface area contributed by atoms with Crippen molar-refractivity contribution in [3.8, 4) is 5.75 Å². The van der Waals surface area contributed by atoms with Crippen molar-refractivity contribution in [1.29, 1.82) is 0 Å². The first kappa shape index (κ1) is 19.0. The molecule has 1 aromatic rings. The summed E-state index contributed by atoms with van der Waals surface area (Å²) in [6.45, 7) is 9.99. The van der Waals surface area contributed by atoms with E-state index in [9.17, 15) is 9.59 Å². The first-order chi connectivity index (χ1) is 10.7. The smallest absolute Gasteiger partial charge is 0.242 e. The standard InChI is InChI=1S/C18H28N2O3/c1-6-23-15-10-7-14(8-11-15)9-12-16(21)19-13(2)17(22)20-18(3,4)5/h7-8,10-11,13H,6,9,12H2,1-5H3,(H,19,21)(H,20,22)/t13-/m0/s1. The lowest BCUT2D eigenvalue weighted by Gasteiger charge is -2.23. The van der Waals surface area contributed by atoms with Crippen LogP contribution in [0.1, 0.15) is 46.6 Å². The van der Waals surface area contributed by atoms with Crippen LogP contribution in [-0.2, 0) is 16.0 Å². The molecule has 5 nitrogen and oxygen atoms in total. The summed E-state index contributed by atoms with van der Waals surface area (Å²) >= 11 is 0. The van der Waals surface area contributed by atoms with Gasteiger partial charge in [0.25, 0.3) is 0 Å². The minimum Gasteiger partial charge on any atom is -0.494 e. The zero-order chi connectivity index (χ0) is 17.5. The van der Waals surface area contributed by atoms with Gasteiger partial charge >= 0.3 is 0 Å². The fraction of sp³-hybridized carbons (Fsp3) is 0.556. The summed E-state index contributed by atoms with van der Waals surface area (Å²) in [5.41, 5.74) is 0.758. The van der Waals surface area contributed by atoms with E-state index in [-0.39, 0.29) is 17.4 Å². The van der Waals surface area contributed by atoms with Crippen molar-refractivity contribution >= 4 is 11.8 Å². The van der Waals surface area contributed by atoms with Crippen molar-refractivity contribution in [3.05, 3.63) is 29.8 Å². The highest BCUT2D eigenvalue weighted by molar-refractivity contribution is 5.87. The average molecular weight is 320 g/mol. The van der Waals surface area contributed by atoms with E-state index in [0.717, 1.165) is 11.3 Å². The topological polar surface area (TPSA) is 67.4 Å². The Morgan fingerprint density at radius 3 is 2.30 bits per heavy atom. The number of rotatable bonds is 7. The number of hydrogen-bond donors (Lipinski definition) is 2. The lowest BCUT2D eigenvalue weighted by atomic mass is 10.1. The van der Waals surface area contributed by atoms with Crippen molar-refractivity contribution in [2.45, 2.75) is 59.0 Å². The normalized spacial score (nSPS) is 12.4. The highest BCUT2D eigenvalue weighted by Crippen LogP contribution is 2.13.